The standard InChI is InChI=1S/C17H27ClN2O/c1-5-6-13-11-20(16(10-19-13)12(2)3)14-7-8-15(18)17(9-14)21-4/h7-9,12-13,16,19H,5-6,10-11H2,1-4H3. The van der Waals surface area contributed by atoms with Gasteiger partial charge in [0, 0.05) is 36.9 Å². The van der Waals surface area contributed by atoms with E-state index < -0.39 is 0 Å². The molecule has 2 rings (SSSR count). The molecule has 0 bridgehead atoms. The lowest BCUT2D eigenvalue weighted by Crippen LogP contribution is -2.58. The van der Waals surface area contributed by atoms with Crippen LogP contribution < -0.4 is 15.0 Å². The molecule has 0 saturated carbocycles. The molecule has 0 amide bonds. The van der Waals surface area contributed by atoms with E-state index in [2.05, 4.69) is 43.1 Å². The fraction of sp³-hybridized carbons (Fsp3) is 0.647. The van der Waals surface area contributed by atoms with Gasteiger partial charge >= 0.3 is 0 Å². The van der Waals surface area contributed by atoms with E-state index in [0.29, 0.717) is 23.0 Å². The van der Waals surface area contributed by atoms with Crippen LogP contribution >= 0.6 is 11.6 Å². The van der Waals surface area contributed by atoms with Crippen LogP contribution in [0, 0.1) is 5.92 Å². The van der Waals surface area contributed by atoms with Gasteiger partial charge in [-0.15, -0.1) is 0 Å². The van der Waals surface area contributed by atoms with Crippen LogP contribution in [0.15, 0.2) is 18.2 Å². The number of anilines is 1. The smallest absolute Gasteiger partial charge is 0.139 e. The number of hydrogen-bond donors (Lipinski definition) is 1. The zero-order valence-electron chi connectivity index (χ0n) is 13.5. The molecule has 118 valence electrons. The van der Waals surface area contributed by atoms with Crippen molar-refractivity contribution in [2.75, 3.05) is 25.1 Å². The summed E-state index contributed by atoms with van der Waals surface area (Å²) in [5.41, 5.74) is 1.21. The maximum Gasteiger partial charge on any atom is 0.139 e. The number of methoxy groups -OCH3 is 1. The van der Waals surface area contributed by atoms with Crippen molar-refractivity contribution in [2.24, 2.45) is 5.92 Å². The highest BCUT2D eigenvalue weighted by atomic mass is 35.5. The van der Waals surface area contributed by atoms with Gasteiger partial charge in [0.1, 0.15) is 5.75 Å². The lowest BCUT2D eigenvalue weighted by molar-refractivity contribution is 0.327. The van der Waals surface area contributed by atoms with Crippen molar-refractivity contribution in [2.45, 2.75) is 45.7 Å². The van der Waals surface area contributed by atoms with Crippen LogP contribution in [0.4, 0.5) is 5.69 Å². The maximum atomic E-state index is 6.16. The van der Waals surface area contributed by atoms with Crippen LogP contribution in [0.3, 0.4) is 0 Å². The Labute approximate surface area is 133 Å². The Bertz CT molecular complexity index is 464. The minimum absolute atomic E-state index is 0.504. The molecule has 1 heterocycles. The molecule has 0 radical (unpaired) electrons. The van der Waals surface area contributed by atoms with E-state index in [4.69, 9.17) is 16.3 Å². The van der Waals surface area contributed by atoms with Crippen LogP contribution in [0.1, 0.15) is 33.6 Å². The third-order valence-corrected chi connectivity index (χ3v) is 4.62. The molecular weight excluding hydrogens is 284 g/mol. The Kier molecular flexibility index (Phi) is 5.77. The van der Waals surface area contributed by atoms with E-state index >= 15 is 0 Å². The van der Waals surface area contributed by atoms with Gasteiger partial charge in [0.05, 0.1) is 12.1 Å². The molecule has 4 heteroatoms. The molecule has 1 aliphatic heterocycles. The maximum absolute atomic E-state index is 6.16. The second kappa shape index (κ2) is 7.37. The van der Waals surface area contributed by atoms with Crippen LogP contribution in [-0.2, 0) is 0 Å². The van der Waals surface area contributed by atoms with Gasteiger partial charge in [-0.05, 0) is 24.5 Å². The first-order chi connectivity index (χ1) is 10.1. The third kappa shape index (κ3) is 3.83. The van der Waals surface area contributed by atoms with Crippen LogP contribution in [-0.4, -0.2) is 32.3 Å². The number of rotatable bonds is 5. The lowest BCUT2D eigenvalue weighted by atomic mass is 9.96. The molecule has 1 aromatic rings. The van der Waals surface area contributed by atoms with Gasteiger partial charge in [0.15, 0.2) is 0 Å². The molecule has 1 aliphatic rings. The molecule has 2 unspecified atom stereocenters. The summed E-state index contributed by atoms with van der Waals surface area (Å²) in [5.74, 6) is 1.35. The van der Waals surface area contributed by atoms with Crippen LogP contribution in [0.2, 0.25) is 5.02 Å². The Morgan fingerprint density at radius 1 is 1.43 bits per heavy atom. The molecule has 2 atom stereocenters. The summed E-state index contributed by atoms with van der Waals surface area (Å²) in [6, 6.07) is 7.17. The quantitative estimate of drug-likeness (QED) is 0.891. The molecular formula is C17H27ClN2O. The predicted molar refractivity (Wildman–Crippen MR) is 90.7 cm³/mol. The van der Waals surface area contributed by atoms with Crippen molar-refractivity contribution in [1.29, 1.82) is 0 Å². The monoisotopic (exact) mass is 310 g/mol. The van der Waals surface area contributed by atoms with E-state index in [-0.39, 0.29) is 0 Å². The van der Waals surface area contributed by atoms with E-state index in [0.717, 1.165) is 18.8 Å². The first-order valence-corrected chi connectivity index (χ1v) is 8.28. The highest BCUT2D eigenvalue weighted by Gasteiger charge is 2.29. The summed E-state index contributed by atoms with van der Waals surface area (Å²) >= 11 is 6.16. The molecule has 1 N–H and O–H groups in total. The summed E-state index contributed by atoms with van der Waals surface area (Å²) < 4.78 is 5.37. The normalized spacial score (nSPS) is 22.7. The number of nitrogens with zero attached hydrogens (tertiary/aromatic N) is 1. The number of hydrogen-bond acceptors (Lipinski definition) is 3. The van der Waals surface area contributed by atoms with Crippen molar-refractivity contribution < 1.29 is 4.74 Å². The van der Waals surface area contributed by atoms with Crippen molar-refractivity contribution in [3.05, 3.63) is 23.2 Å². The van der Waals surface area contributed by atoms with E-state index in [9.17, 15) is 0 Å². The average molecular weight is 311 g/mol. The van der Waals surface area contributed by atoms with Crippen molar-refractivity contribution in [1.82, 2.24) is 5.32 Å². The fourth-order valence-corrected chi connectivity index (χ4v) is 3.29. The minimum atomic E-state index is 0.504. The van der Waals surface area contributed by atoms with Gasteiger partial charge in [0.2, 0.25) is 0 Å². The Hall–Kier alpha value is -0.930. The molecule has 1 fully saturated rings. The third-order valence-electron chi connectivity index (χ3n) is 4.31. The minimum Gasteiger partial charge on any atom is -0.495 e. The summed E-state index contributed by atoms with van der Waals surface area (Å²) in [5, 5.41) is 4.36. The predicted octanol–water partition coefficient (Wildman–Crippen LogP) is 3.95. The molecule has 0 aliphatic carbocycles. The van der Waals surface area contributed by atoms with Gasteiger partial charge in [0.25, 0.3) is 0 Å². The summed E-state index contributed by atoms with van der Waals surface area (Å²) in [4.78, 5) is 2.51. The zero-order valence-corrected chi connectivity index (χ0v) is 14.3. The molecule has 21 heavy (non-hydrogen) atoms. The molecule has 0 aromatic heterocycles. The second-order valence-electron chi connectivity index (χ2n) is 6.18. The highest BCUT2D eigenvalue weighted by molar-refractivity contribution is 6.32. The summed E-state index contributed by atoms with van der Waals surface area (Å²) in [6.07, 6.45) is 2.42. The van der Waals surface area contributed by atoms with Crippen molar-refractivity contribution >= 4 is 17.3 Å². The summed E-state index contributed by atoms with van der Waals surface area (Å²) in [6.45, 7) is 8.89. The number of benzene rings is 1. The van der Waals surface area contributed by atoms with Gasteiger partial charge in [-0.25, -0.2) is 0 Å². The Morgan fingerprint density at radius 2 is 2.19 bits per heavy atom. The van der Waals surface area contributed by atoms with E-state index in [1.165, 1.54) is 18.5 Å². The average Bonchev–Trinajstić information content (AvgIpc) is 2.48. The number of nitrogens with one attached hydrogen (secondary N) is 1. The van der Waals surface area contributed by atoms with E-state index in [1.54, 1.807) is 7.11 Å². The highest BCUT2D eigenvalue weighted by Crippen LogP contribution is 2.32. The van der Waals surface area contributed by atoms with Gasteiger partial charge < -0.3 is 15.0 Å². The number of piperazine rings is 1. The van der Waals surface area contributed by atoms with Gasteiger partial charge in [-0.2, -0.15) is 0 Å². The van der Waals surface area contributed by atoms with Gasteiger partial charge in [-0.3, -0.25) is 0 Å². The van der Waals surface area contributed by atoms with Crippen molar-refractivity contribution in [3.8, 4) is 5.75 Å². The van der Waals surface area contributed by atoms with E-state index in [1.807, 2.05) is 6.07 Å². The van der Waals surface area contributed by atoms with Crippen LogP contribution in [0.25, 0.3) is 0 Å². The molecule has 1 aromatic carbocycles. The molecule has 1 saturated heterocycles. The topological polar surface area (TPSA) is 24.5 Å². The first kappa shape index (κ1) is 16.4. The summed E-state index contributed by atoms with van der Waals surface area (Å²) in [7, 11) is 1.67. The zero-order chi connectivity index (χ0) is 15.4. The van der Waals surface area contributed by atoms with Crippen LogP contribution in [0.5, 0.6) is 5.75 Å². The van der Waals surface area contributed by atoms with Crippen molar-refractivity contribution in [3.63, 3.8) is 0 Å². The van der Waals surface area contributed by atoms with Gasteiger partial charge in [-0.1, -0.05) is 38.8 Å². The Morgan fingerprint density at radius 3 is 2.81 bits per heavy atom. The first-order valence-electron chi connectivity index (χ1n) is 7.90. The number of ether oxygens (including phenoxy) is 1. The SMILES string of the molecule is CCCC1CN(c2ccc(Cl)c(OC)c2)C(C(C)C)CN1. The lowest BCUT2D eigenvalue weighted by Gasteiger charge is -2.44. The fourth-order valence-electron chi connectivity index (χ4n) is 3.10. The molecule has 3 nitrogen and oxygen atoms in total. The largest absolute Gasteiger partial charge is 0.495 e. The second-order valence-corrected chi connectivity index (χ2v) is 6.58. The Balaban J connectivity index is 2.26. The number of halogens is 1. The molecule has 0 spiro atoms.